The van der Waals surface area contributed by atoms with Crippen LogP contribution in [0.5, 0.6) is 0 Å². The van der Waals surface area contributed by atoms with Crippen LogP contribution in [0.4, 0.5) is 0 Å². The Balaban J connectivity index is 1.93. The molecule has 1 aliphatic carbocycles. The zero-order chi connectivity index (χ0) is 18.3. The molecule has 0 atom stereocenters. The zero-order valence-corrected chi connectivity index (χ0v) is 15.8. The predicted molar refractivity (Wildman–Crippen MR) is 98.9 cm³/mol. The number of aryl methyl sites for hydroxylation is 1. The summed E-state index contributed by atoms with van der Waals surface area (Å²) in [4.78, 5) is 12.2. The number of rotatable bonds is 5. The minimum absolute atomic E-state index is 0.180. The molecular formula is C18H27N3O3S. The Labute approximate surface area is 150 Å². The van der Waals surface area contributed by atoms with Crippen LogP contribution < -0.4 is 5.43 Å². The van der Waals surface area contributed by atoms with E-state index in [0.29, 0.717) is 0 Å². The van der Waals surface area contributed by atoms with Gasteiger partial charge in [0.1, 0.15) is 0 Å². The SMILES string of the molecule is Cc1ccc(S(=O)(=O)N(C)CC(=O)NN=C2CCCCCCC2)cc1. The fourth-order valence-corrected chi connectivity index (χ4v) is 3.91. The molecule has 0 heterocycles. The first-order valence-corrected chi connectivity index (χ1v) is 10.2. The first kappa shape index (κ1) is 19.6. The average Bonchev–Trinajstić information content (AvgIpc) is 2.54. The van der Waals surface area contributed by atoms with E-state index < -0.39 is 15.9 Å². The molecule has 0 bridgehead atoms. The number of benzene rings is 1. The van der Waals surface area contributed by atoms with E-state index in [1.165, 1.54) is 26.3 Å². The summed E-state index contributed by atoms with van der Waals surface area (Å²) < 4.78 is 26.0. The first-order chi connectivity index (χ1) is 11.9. The fourth-order valence-electron chi connectivity index (χ4n) is 2.78. The van der Waals surface area contributed by atoms with Crippen molar-refractivity contribution in [2.45, 2.75) is 56.8 Å². The lowest BCUT2D eigenvalue weighted by molar-refractivity contribution is -0.121. The summed E-state index contributed by atoms with van der Waals surface area (Å²) in [5.74, 6) is -0.423. The second-order valence-corrected chi connectivity index (χ2v) is 8.60. The lowest BCUT2D eigenvalue weighted by Crippen LogP contribution is -2.37. The number of nitrogens with zero attached hydrogens (tertiary/aromatic N) is 2. The average molecular weight is 365 g/mol. The molecule has 1 saturated carbocycles. The third-order valence-electron chi connectivity index (χ3n) is 4.36. The van der Waals surface area contributed by atoms with Gasteiger partial charge in [-0.3, -0.25) is 4.79 Å². The maximum atomic E-state index is 12.5. The van der Waals surface area contributed by atoms with Crippen LogP contribution in [-0.2, 0) is 14.8 Å². The molecule has 25 heavy (non-hydrogen) atoms. The van der Waals surface area contributed by atoms with Crippen LogP contribution in [0.1, 0.15) is 50.5 Å². The van der Waals surface area contributed by atoms with E-state index in [2.05, 4.69) is 10.5 Å². The molecule has 0 spiro atoms. The van der Waals surface area contributed by atoms with Crippen molar-refractivity contribution < 1.29 is 13.2 Å². The van der Waals surface area contributed by atoms with Crippen molar-refractivity contribution in [3.8, 4) is 0 Å². The smallest absolute Gasteiger partial charge is 0.255 e. The summed E-state index contributed by atoms with van der Waals surface area (Å²) in [7, 11) is -2.28. The van der Waals surface area contributed by atoms with E-state index in [-0.39, 0.29) is 11.4 Å². The van der Waals surface area contributed by atoms with Gasteiger partial charge in [-0.15, -0.1) is 0 Å². The van der Waals surface area contributed by atoms with Gasteiger partial charge in [0.25, 0.3) is 5.91 Å². The Morgan fingerprint density at radius 1 is 1.08 bits per heavy atom. The molecule has 1 N–H and O–H groups in total. The van der Waals surface area contributed by atoms with Gasteiger partial charge in [0.2, 0.25) is 10.0 Å². The molecular weight excluding hydrogens is 338 g/mol. The summed E-state index contributed by atoms with van der Waals surface area (Å²) in [5.41, 5.74) is 4.49. The van der Waals surface area contributed by atoms with Crippen molar-refractivity contribution in [3.05, 3.63) is 29.8 Å². The normalized spacial score (nSPS) is 16.2. The molecule has 1 aromatic rings. The Bertz CT molecular complexity index is 702. The second-order valence-electron chi connectivity index (χ2n) is 6.55. The Kier molecular flexibility index (Phi) is 7.13. The molecule has 138 valence electrons. The number of nitrogens with one attached hydrogen (secondary N) is 1. The quantitative estimate of drug-likeness (QED) is 0.815. The number of likely N-dealkylation sites (N-methyl/N-ethyl adjacent to an activating group) is 1. The third-order valence-corrected chi connectivity index (χ3v) is 6.18. The molecule has 6 nitrogen and oxygen atoms in total. The number of hydrogen-bond acceptors (Lipinski definition) is 4. The lowest BCUT2D eigenvalue weighted by Gasteiger charge is -2.16. The van der Waals surface area contributed by atoms with Gasteiger partial charge in [0.15, 0.2) is 0 Å². The van der Waals surface area contributed by atoms with Crippen molar-refractivity contribution in [2.75, 3.05) is 13.6 Å². The van der Waals surface area contributed by atoms with Gasteiger partial charge in [0, 0.05) is 12.8 Å². The molecule has 0 radical (unpaired) electrons. The van der Waals surface area contributed by atoms with Crippen molar-refractivity contribution in [1.29, 1.82) is 0 Å². The molecule has 2 rings (SSSR count). The molecule has 1 amide bonds. The molecule has 0 saturated heterocycles. The largest absolute Gasteiger partial charge is 0.272 e. The first-order valence-electron chi connectivity index (χ1n) is 8.77. The van der Waals surface area contributed by atoms with Gasteiger partial charge in [-0.2, -0.15) is 9.41 Å². The highest BCUT2D eigenvalue weighted by Gasteiger charge is 2.22. The maximum Gasteiger partial charge on any atom is 0.255 e. The number of hydrogen-bond donors (Lipinski definition) is 1. The highest BCUT2D eigenvalue weighted by atomic mass is 32.2. The van der Waals surface area contributed by atoms with Crippen molar-refractivity contribution in [2.24, 2.45) is 5.10 Å². The van der Waals surface area contributed by atoms with E-state index in [1.807, 2.05) is 6.92 Å². The van der Waals surface area contributed by atoms with Crippen molar-refractivity contribution in [3.63, 3.8) is 0 Å². The molecule has 1 aromatic carbocycles. The van der Waals surface area contributed by atoms with Crippen LogP contribution in [-0.4, -0.2) is 37.9 Å². The predicted octanol–water partition coefficient (Wildman–Crippen LogP) is 2.83. The number of amides is 1. The molecule has 0 aromatic heterocycles. The maximum absolute atomic E-state index is 12.5. The number of carbonyl (C=O) groups is 1. The van der Waals surface area contributed by atoms with Crippen LogP contribution in [0, 0.1) is 6.92 Å². The van der Waals surface area contributed by atoms with Crippen LogP contribution >= 0.6 is 0 Å². The molecule has 7 heteroatoms. The fraction of sp³-hybridized carbons (Fsp3) is 0.556. The Hall–Kier alpha value is -1.73. The molecule has 0 unspecified atom stereocenters. The number of carbonyl (C=O) groups excluding carboxylic acids is 1. The lowest BCUT2D eigenvalue weighted by atomic mass is 9.99. The monoisotopic (exact) mass is 365 g/mol. The Morgan fingerprint density at radius 3 is 2.24 bits per heavy atom. The van der Waals surface area contributed by atoms with Gasteiger partial charge in [-0.25, -0.2) is 13.8 Å². The molecule has 1 fully saturated rings. The van der Waals surface area contributed by atoms with Gasteiger partial charge in [-0.05, 0) is 44.7 Å². The second kappa shape index (κ2) is 9.10. The zero-order valence-electron chi connectivity index (χ0n) is 15.0. The summed E-state index contributed by atoms with van der Waals surface area (Å²) >= 11 is 0. The van der Waals surface area contributed by atoms with Crippen molar-refractivity contribution >= 4 is 21.6 Å². The topological polar surface area (TPSA) is 78.8 Å². The minimum Gasteiger partial charge on any atom is -0.272 e. The van der Waals surface area contributed by atoms with E-state index in [4.69, 9.17) is 0 Å². The summed E-state index contributed by atoms with van der Waals surface area (Å²) in [6.07, 6.45) is 7.65. The third kappa shape index (κ3) is 5.93. The van der Waals surface area contributed by atoms with Crippen LogP contribution in [0.25, 0.3) is 0 Å². The summed E-state index contributed by atoms with van der Waals surface area (Å²) in [6, 6.07) is 6.57. The van der Waals surface area contributed by atoms with E-state index in [9.17, 15) is 13.2 Å². The summed E-state index contributed by atoms with van der Waals surface area (Å²) in [6.45, 7) is 1.63. The van der Waals surface area contributed by atoms with E-state index >= 15 is 0 Å². The minimum atomic E-state index is -3.68. The van der Waals surface area contributed by atoms with E-state index in [0.717, 1.165) is 41.3 Å². The number of sulfonamides is 1. The van der Waals surface area contributed by atoms with Gasteiger partial charge >= 0.3 is 0 Å². The van der Waals surface area contributed by atoms with Crippen molar-refractivity contribution in [1.82, 2.24) is 9.73 Å². The molecule has 1 aliphatic rings. The van der Waals surface area contributed by atoms with Gasteiger partial charge in [0.05, 0.1) is 11.4 Å². The van der Waals surface area contributed by atoms with Gasteiger partial charge in [-0.1, -0.05) is 37.0 Å². The van der Waals surface area contributed by atoms with E-state index in [1.54, 1.807) is 24.3 Å². The highest BCUT2D eigenvalue weighted by molar-refractivity contribution is 7.89. The number of hydrazone groups is 1. The van der Waals surface area contributed by atoms with Crippen LogP contribution in [0.15, 0.2) is 34.3 Å². The summed E-state index contributed by atoms with van der Waals surface area (Å²) in [5, 5.41) is 4.20. The van der Waals surface area contributed by atoms with Crippen LogP contribution in [0.3, 0.4) is 0 Å². The van der Waals surface area contributed by atoms with Gasteiger partial charge < -0.3 is 0 Å². The Morgan fingerprint density at radius 2 is 1.64 bits per heavy atom. The molecule has 0 aliphatic heterocycles. The standard InChI is InChI=1S/C18H27N3O3S/c1-15-10-12-17(13-11-15)25(23,24)21(2)14-18(22)20-19-16-8-6-4-3-5-7-9-16/h10-13H,3-9,14H2,1-2H3,(H,20,22). The van der Waals surface area contributed by atoms with Crippen LogP contribution in [0.2, 0.25) is 0 Å². The highest BCUT2D eigenvalue weighted by Crippen LogP contribution is 2.16.